The van der Waals surface area contributed by atoms with Crippen molar-refractivity contribution in [1.29, 1.82) is 0 Å². The molecule has 29 heavy (non-hydrogen) atoms. The van der Waals surface area contributed by atoms with Gasteiger partial charge in [0.15, 0.2) is 6.61 Å². The predicted octanol–water partition coefficient (Wildman–Crippen LogP) is 4.14. The number of carbonyl (C=O) groups excluding carboxylic acids is 2. The highest BCUT2D eigenvalue weighted by Gasteiger charge is 2.69. The van der Waals surface area contributed by atoms with E-state index in [9.17, 15) is 9.59 Å². The minimum absolute atomic E-state index is 0.298. The van der Waals surface area contributed by atoms with Crippen LogP contribution in [-0.4, -0.2) is 27.8 Å². The normalized spacial score (nSPS) is 24.6. The maximum Gasteiger partial charge on any atom is 0.315 e. The molecule has 1 N–H and O–H groups in total. The van der Waals surface area contributed by atoms with Crippen LogP contribution in [0.2, 0.25) is 0 Å². The number of amides is 1. The minimum Gasteiger partial charge on any atom is -0.467 e. The second-order valence-electron chi connectivity index (χ2n) is 7.57. The van der Waals surface area contributed by atoms with Gasteiger partial charge in [-0.25, -0.2) is 5.01 Å². The van der Waals surface area contributed by atoms with Crippen LogP contribution in [0.15, 0.2) is 53.2 Å². The zero-order valence-electron chi connectivity index (χ0n) is 15.9. The van der Waals surface area contributed by atoms with Crippen LogP contribution in [0.4, 0.5) is 0 Å². The molecule has 1 amide bonds. The van der Waals surface area contributed by atoms with Gasteiger partial charge in [-0.05, 0) is 37.6 Å². The highest BCUT2D eigenvalue weighted by molar-refractivity contribution is 6.53. The quantitative estimate of drug-likeness (QED) is 0.565. The summed E-state index contributed by atoms with van der Waals surface area (Å²) in [4.78, 5) is 25.1. The lowest BCUT2D eigenvalue weighted by atomic mass is 10.1. The zero-order chi connectivity index (χ0) is 20.8. The van der Waals surface area contributed by atoms with Crippen molar-refractivity contribution in [3.05, 3.63) is 65.6 Å². The highest BCUT2D eigenvalue weighted by Crippen LogP contribution is 2.64. The number of esters is 1. The lowest BCUT2D eigenvalue weighted by molar-refractivity contribution is -0.157. The molecule has 1 fully saturated rings. The first-order valence-corrected chi connectivity index (χ1v) is 9.93. The Morgan fingerprint density at radius 1 is 1.28 bits per heavy atom. The van der Waals surface area contributed by atoms with Gasteiger partial charge in [0.2, 0.25) is 0 Å². The van der Waals surface area contributed by atoms with Crippen molar-refractivity contribution in [3.8, 4) is 0 Å². The number of hydrazine groups is 1. The summed E-state index contributed by atoms with van der Waals surface area (Å²) in [6.45, 7) is 3.20. The molecule has 1 aromatic carbocycles. The van der Waals surface area contributed by atoms with Crippen LogP contribution in [0.3, 0.4) is 0 Å². The molecule has 0 saturated heterocycles. The van der Waals surface area contributed by atoms with E-state index in [0.717, 1.165) is 16.8 Å². The van der Waals surface area contributed by atoms with E-state index < -0.39 is 34.3 Å². The van der Waals surface area contributed by atoms with E-state index in [0.29, 0.717) is 12.2 Å². The summed E-state index contributed by atoms with van der Waals surface area (Å²) in [6.07, 6.45) is 3.74. The summed E-state index contributed by atoms with van der Waals surface area (Å²) in [7, 11) is 0. The Labute approximate surface area is 178 Å². The highest BCUT2D eigenvalue weighted by atomic mass is 35.5. The molecule has 6 nitrogen and oxygen atoms in total. The summed E-state index contributed by atoms with van der Waals surface area (Å²) < 4.78 is 9.56. The standard InChI is InChI=1S/C21H20Cl2N2O4/c1-13-5-7-14(8-6-13)15-10-16(17-4-3-9-28-17)25(24-15)18(26)11-29-19(27)20(2)12-21(20,22)23/h3-10,16,24H,11-12H2,1-2H3/t16-,20-/m1/s1. The Bertz CT molecular complexity index is 969. The van der Waals surface area contributed by atoms with Crippen molar-refractivity contribution in [3.63, 3.8) is 0 Å². The Hall–Kier alpha value is -2.44. The molecule has 1 saturated carbocycles. The zero-order valence-corrected chi connectivity index (χ0v) is 17.5. The van der Waals surface area contributed by atoms with Crippen LogP contribution in [0.25, 0.3) is 5.70 Å². The van der Waals surface area contributed by atoms with Crippen molar-refractivity contribution in [2.75, 3.05) is 6.61 Å². The monoisotopic (exact) mass is 434 g/mol. The summed E-state index contributed by atoms with van der Waals surface area (Å²) in [6, 6.07) is 11.0. The average molecular weight is 435 g/mol. The molecule has 0 radical (unpaired) electrons. The summed E-state index contributed by atoms with van der Waals surface area (Å²) in [5, 5.41) is 1.39. The number of aryl methyl sites for hydroxylation is 1. The van der Waals surface area contributed by atoms with Crippen molar-refractivity contribution in [2.24, 2.45) is 5.41 Å². The summed E-state index contributed by atoms with van der Waals surface area (Å²) >= 11 is 12.0. The van der Waals surface area contributed by atoms with Crippen molar-refractivity contribution in [2.45, 2.75) is 30.6 Å². The molecule has 1 aliphatic carbocycles. The maximum atomic E-state index is 12.8. The van der Waals surface area contributed by atoms with Gasteiger partial charge in [0.05, 0.1) is 12.0 Å². The van der Waals surface area contributed by atoms with Crippen molar-refractivity contribution >= 4 is 40.8 Å². The SMILES string of the molecule is Cc1ccc(C2=C[C@H](c3ccco3)N(C(=O)COC(=O)[C@@]3(C)CC3(Cl)Cl)N2)cc1. The fourth-order valence-electron chi connectivity index (χ4n) is 3.23. The first-order chi connectivity index (χ1) is 13.7. The third-order valence-electron chi connectivity index (χ3n) is 5.34. The number of nitrogens with one attached hydrogen (secondary N) is 1. The van der Waals surface area contributed by atoms with Crippen molar-refractivity contribution in [1.82, 2.24) is 10.4 Å². The molecule has 1 aliphatic heterocycles. The number of hydrogen-bond acceptors (Lipinski definition) is 5. The van der Waals surface area contributed by atoms with E-state index in [4.69, 9.17) is 32.4 Å². The largest absolute Gasteiger partial charge is 0.467 e. The van der Waals surface area contributed by atoms with E-state index in [-0.39, 0.29) is 0 Å². The first kappa shape index (κ1) is 19.9. The molecule has 0 unspecified atom stereocenters. The van der Waals surface area contributed by atoms with Crippen LogP contribution in [0, 0.1) is 12.3 Å². The van der Waals surface area contributed by atoms with Crippen LogP contribution >= 0.6 is 23.2 Å². The van der Waals surface area contributed by atoms with E-state index in [1.807, 2.05) is 37.3 Å². The molecule has 2 aromatic rings. The lowest BCUT2D eigenvalue weighted by Crippen LogP contribution is -2.42. The second-order valence-corrected chi connectivity index (χ2v) is 9.06. The van der Waals surface area contributed by atoms with Crippen LogP contribution in [0.5, 0.6) is 0 Å². The molecule has 2 heterocycles. The smallest absolute Gasteiger partial charge is 0.315 e. The van der Waals surface area contributed by atoms with Gasteiger partial charge < -0.3 is 9.15 Å². The minimum atomic E-state index is -1.14. The number of benzene rings is 1. The van der Waals surface area contributed by atoms with Gasteiger partial charge in [-0.2, -0.15) is 0 Å². The van der Waals surface area contributed by atoms with E-state index in [1.54, 1.807) is 25.3 Å². The topological polar surface area (TPSA) is 71.8 Å². The second kappa shape index (κ2) is 7.11. The van der Waals surface area contributed by atoms with E-state index in [1.165, 1.54) is 5.01 Å². The molecule has 4 rings (SSSR count). The Kier molecular flexibility index (Phi) is 4.87. The number of hydrogen-bond donors (Lipinski definition) is 1. The molecule has 0 spiro atoms. The van der Waals surface area contributed by atoms with Gasteiger partial charge in [-0.15, -0.1) is 23.2 Å². The van der Waals surface area contributed by atoms with Gasteiger partial charge in [-0.1, -0.05) is 29.8 Å². The fraction of sp³-hybridized carbons (Fsp3) is 0.333. The predicted molar refractivity (Wildman–Crippen MR) is 109 cm³/mol. The number of rotatable bonds is 5. The third-order valence-corrected chi connectivity index (χ3v) is 6.45. The lowest BCUT2D eigenvalue weighted by Gasteiger charge is -2.24. The van der Waals surface area contributed by atoms with E-state index in [2.05, 4.69) is 5.43 Å². The number of furan rings is 1. The summed E-state index contributed by atoms with van der Waals surface area (Å²) in [5.41, 5.74) is 4.95. The number of nitrogens with zero attached hydrogens (tertiary/aromatic N) is 1. The number of carbonyl (C=O) groups is 2. The van der Waals surface area contributed by atoms with Gasteiger partial charge in [0.25, 0.3) is 5.91 Å². The molecule has 152 valence electrons. The molecule has 8 heteroatoms. The molecular weight excluding hydrogens is 415 g/mol. The molecule has 2 atom stereocenters. The Balaban J connectivity index is 1.49. The molecule has 1 aromatic heterocycles. The first-order valence-electron chi connectivity index (χ1n) is 9.17. The van der Waals surface area contributed by atoms with Crippen LogP contribution in [-0.2, 0) is 14.3 Å². The maximum absolute atomic E-state index is 12.8. The number of alkyl halides is 2. The van der Waals surface area contributed by atoms with Gasteiger partial charge in [0.1, 0.15) is 21.6 Å². The Morgan fingerprint density at radius 2 is 1.97 bits per heavy atom. The number of ether oxygens (including phenoxy) is 1. The molecular formula is C21H20Cl2N2O4. The molecule has 2 aliphatic rings. The third kappa shape index (κ3) is 3.63. The van der Waals surface area contributed by atoms with Crippen molar-refractivity contribution < 1.29 is 18.7 Å². The van der Waals surface area contributed by atoms with E-state index >= 15 is 0 Å². The van der Waals surface area contributed by atoms with Crippen LogP contribution in [0.1, 0.15) is 36.3 Å². The number of halogens is 2. The van der Waals surface area contributed by atoms with Gasteiger partial charge in [-0.3, -0.25) is 15.0 Å². The van der Waals surface area contributed by atoms with Gasteiger partial charge in [0, 0.05) is 6.42 Å². The van der Waals surface area contributed by atoms with Gasteiger partial charge >= 0.3 is 5.97 Å². The van der Waals surface area contributed by atoms with Crippen LogP contribution < -0.4 is 5.43 Å². The fourth-order valence-corrected chi connectivity index (χ4v) is 3.92. The Morgan fingerprint density at radius 3 is 2.55 bits per heavy atom. The molecule has 0 bridgehead atoms. The average Bonchev–Trinajstić information content (AvgIpc) is 3.15. The summed E-state index contributed by atoms with van der Waals surface area (Å²) in [5.74, 6) is -0.414.